The number of nitrogens with one attached hydrogen (secondary N) is 1. The number of hydrogen-bond acceptors (Lipinski definition) is 1. The number of rotatable bonds is 9. The van der Waals surface area contributed by atoms with Crippen LogP contribution in [0.1, 0.15) is 51.4 Å². The molecule has 2 aliphatic rings. The van der Waals surface area contributed by atoms with Crippen LogP contribution >= 0.6 is 0 Å². The molecule has 1 N–H and O–H groups in total. The minimum Gasteiger partial charge on any atom is -0.385 e. The van der Waals surface area contributed by atoms with E-state index in [9.17, 15) is 0 Å². The number of allylic oxidation sites excluding steroid dienone is 4. The predicted octanol–water partition coefficient (Wildman–Crippen LogP) is 9.29. The number of benzene rings is 2. The van der Waals surface area contributed by atoms with Crippen molar-refractivity contribution in [1.82, 2.24) is 0 Å². The molecule has 0 amide bonds. The van der Waals surface area contributed by atoms with Crippen LogP contribution in [0.3, 0.4) is 0 Å². The number of unbranched alkanes of at least 4 members (excludes halogenated alkanes) is 1. The third-order valence-electron chi connectivity index (χ3n) is 7.88. The van der Waals surface area contributed by atoms with Gasteiger partial charge in [-0.2, -0.15) is 4.57 Å². The summed E-state index contributed by atoms with van der Waals surface area (Å²) in [6, 6.07) is 26.2. The molecule has 0 unspecified atom stereocenters. The fraction of sp³-hybridized carbons (Fsp3) is 0.282. The third kappa shape index (κ3) is 11.0. The Hall–Kier alpha value is -3.46. The van der Waals surface area contributed by atoms with Gasteiger partial charge in [-0.3, -0.25) is 0 Å². The first-order valence-electron chi connectivity index (χ1n) is 15.0. The fourth-order valence-corrected chi connectivity index (χ4v) is 5.38. The molecule has 0 spiro atoms. The average Bonchev–Trinajstić information content (AvgIpc) is 3.76. The van der Waals surface area contributed by atoms with Gasteiger partial charge in [-0.05, 0) is 97.4 Å². The maximum atomic E-state index is 3.58. The summed E-state index contributed by atoms with van der Waals surface area (Å²) in [6.45, 7) is 1.05. The summed E-state index contributed by atoms with van der Waals surface area (Å²) < 4.78 is 4.21. The molecule has 1 atom stereocenters. The van der Waals surface area contributed by atoms with Crippen molar-refractivity contribution in [3.05, 3.63) is 137 Å². The number of nitrogens with zero attached hydrogens (tertiary/aromatic N) is 2. The van der Waals surface area contributed by atoms with Crippen LogP contribution in [0.5, 0.6) is 0 Å². The van der Waals surface area contributed by atoms with E-state index >= 15 is 0 Å². The van der Waals surface area contributed by atoms with Gasteiger partial charge in [-0.25, -0.2) is 4.57 Å². The molecule has 0 aliphatic heterocycles. The molecule has 6 rings (SSSR count). The smallest absolute Gasteiger partial charge is 0.385 e. The number of hydrogen-bond donors (Lipinski definition) is 1. The molecular weight excluding hydrogens is 566 g/mol. The molecule has 0 fully saturated rings. The van der Waals surface area contributed by atoms with Crippen LogP contribution in [0.2, 0.25) is 0 Å². The second kappa shape index (κ2) is 18.9. The zero-order valence-electron chi connectivity index (χ0n) is 26.2. The van der Waals surface area contributed by atoms with Gasteiger partial charge in [0.1, 0.15) is 7.05 Å². The van der Waals surface area contributed by atoms with Crippen LogP contribution in [0.25, 0.3) is 27.9 Å². The summed E-state index contributed by atoms with van der Waals surface area (Å²) in [6.07, 6.45) is 28.1. The first kappa shape index (κ1) is 35.7. The summed E-state index contributed by atoms with van der Waals surface area (Å²) in [5.74, 6) is 0.830. The van der Waals surface area contributed by atoms with Gasteiger partial charge in [-0.1, -0.05) is 42.9 Å². The van der Waals surface area contributed by atoms with Gasteiger partial charge in [-0.15, -0.1) is 0 Å². The van der Waals surface area contributed by atoms with Crippen LogP contribution in [0.15, 0.2) is 122 Å². The minimum atomic E-state index is 0. The molecule has 0 bridgehead atoms. The van der Waals surface area contributed by atoms with E-state index in [-0.39, 0.29) is 31.9 Å². The Morgan fingerprint density at radius 1 is 0.651 bits per heavy atom. The number of anilines is 1. The topological polar surface area (TPSA) is 19.8 Å². The fourth-order valence-electron chi connectivity index (χ4n) is 5.38. The molecule has 2 aromatic heterocycles. The van der Waals surface area contributed by atoms with Crippen molar-refractivity contribution in [3.63, 3.8) is 0 Å². The van der Waals surface area contributed by atoms with Gasteiger partial charge < -0.3 is 20.2 Å². The van der Waals surface area contributed by atoms with Crippen LogP contribution in [-0.2, 0) is 24.1 Å². The molecule has 0 radical (unpaired) electrons. The molecule has 43 heavy (non-hydrogen) atoms. The molecule has 0 saturated carbocycles. The van der Waals surface area contributed by atoms with Crippen molar-refractivity contribution in [2.75, 3.05) is 11.9 Å². The van der Waals surface area contributed by atoms with E-state index in [1.165, 1.54) is 79.3 Å². The van der Waals surface area contributed by atoms with Gasteiger partial charge in [0.05, 0.1) is 0 Å². The Morgan fingerprint density at radius 3 is 1.74 bits per heavy atom. The molecular formula is C39H49FeN3+2. The second-order valence-electron chi connectivity index (χ2n) is 11.0. The van der Waals surface area contributed by atoms with E-state index < -0.39 is 0 Å². The summed E-state index contributed by atoms with van der Waals surface area (Å²) in [5, 5.41) is 3.58. The van der Waals surface area contributed by atoms with Crippen molar-refractivity contribution in [1.29, 1.82) is 0 Å². The average molecular weight is 616 g/mol. The van der Waals surface area contributed by atoms with Crippen LogP contribution in [0, 0.1) is 20.8 Å². The molecule has 2 heterocycles. The Labute approximate surface area is 271 Å². The summed E-state index contributed by atoms with van der Waals surface area (Å²) in [7, 11) is 2.04. The van der Waals surface area contributed by atoms with Gasteiger partial charge in [0.25, 0.3) is 0 Å². The minimum absolute atomic E-state index is 0. The molecule has 3 nitrogen and oxygen atoms in total. The Bertz CT molecular complexity index is 1370. The first-order chi connectivity index (χ1) is 19.7. The Kier molecular flexibility index (Phi) is 15.7. The standard InChI is InChI=1S/C32H34N3.C5H8.2CH3.Fe/c1-34-22-17-29(18-23-34)30-19-24-35(25-20-30)32-15-11-28(12-16-32)27-9-13-31(14-10-27)33-21-5-4-8-26-6-2-3-7-26;1-2-4-5-3-1;;;/h2,6,9-20,22-26H,3-5,7-8,21H2,1H3;1-2H,3-5H2;2*1H3;/q+1;;2*-1;+2/p+1/t26-;;;;/m1..../s1. The van der Waals surface area contributed by atoms with Crippen molar-refractivity contribution >= 4 is 5.69 Å². The number of aromatic nitrogens is 2. The van der Waals surface area contributed by atoms with Crippen molar-refractivity contribution in [2.45, 2.75) is 51.4 Å². The first-order valence-corrected chi connectivity index (χ1v) is 15.0. The van der Waals surface area contributed by atoms with Crippen molar-refractivity contribution < 1.29 is 26.2 Å². The summed E-state index contributed by atoms with van der Waals surface area (Å²) in [5.41, 5.74) is 7.29. The maximum Gasteiger partial charge on any atom is 2.00 e. The summed E-state index contributed by atoms with van der Waals surface area (Å²) >= 11 is 0. The third-order valence-corrected chi connectivity index (χ3v) is 7.88. The van der Waals surface area contributed by atoms with E-state index in [4.69, 9.17) is 0 Å². The van der Waals surface area contributed by atoms with Gasteiger partial charge in [0, 0.05) is 48.6 Å². The normalized spacial score (nSPS) is 14.5. The maximum absolute atomic E-state index is 3.58. The van der Waals surface area contributed by atoms with E-state index in [1.807, 2.05) is 7.05 Å². The van der Waals surface area contributed by atoms with E-state index in [0.717, 1.165) is 18.2 Å². The van der Waals surface area contributed by atoms with Gasteiger partial charge >= 0.3 is 17.1 Å². The number of pyridine rings is 2. The Balaban J connectivity index is 0.000000734. The van der Waals surface area contributed by atoms with Crippen molar-refractivity contribution in [2.24, 2.45) is 13.0 Å². The SMILES string of the molecule is C1=CCCC1.C[n+]1ccc(-c2cc[n+](-c3ccc(-c4ccc(NCCCC[C@@H]5C=CCC5)cc4)cc3)cc2)cc1.[CH3-].[CH3-].[Fe+2]. The monoisotopic (exact) mass is 615 g/mol. The molecule has 0 saturated heterocycles. The molecule has 2 aromatic carbocycles. The molecule has 4 aromatic rings. The van der Waals surface area contributed by atoms with Gasteiger partial charge in [0.15, 0.2) is 24.8 Å². The van der Waals surface area contributed by atoms with Gasteiger partial charge in [0.2, 0.25) is 5.69 Å². The molecule has 226 valence electrons. The van der Waals surface area contributed by atoms with E-state index in [2.05, 4.69) is 136 Å². The van der Waals surface area contributed by atoms with E-state index in [1.54, 1.807) is 0 Å². The van der Waals surface area contributed by atoms with Crippen LogP contribution < -0.4 is 14.5 Å². The van der Waals surface area contributed by atoms with Crippen LogP contribution in [0.4, 0.5) is 5.69 Å². The number of aryl methyl sites for hydroxylation is 1. The van der Waals surface area contributed by atoms with E-state index in [0.29, 0.717) is 0 Å². The van der Waals surface area contributed by atoms with Crippen molar-refractivity contribution in [3.8, 4) is 27.9 Å². The second-order valence-corrected chi connectivity index (χ2v) is 11.0. The molecule has 4 heteroatoms. The molecule has 2 aliphatic carbocycles. The van der Waals surface area contributed by atoms with Crippen LogP contribution in [-0.4, -0.2) is 6.54 Å². The Morgan fingerprint density at radius 2 is 1.21 bits per heavy atom. The zero-order valence-corrected chi connectivity index (χ0v) is 27.3. The largest absolute Gasteiger partial charge is 2.00 e. The zero-order chi connectivity index (χ0) is 27.4. The predicted molar refractivity (Wildman–Crippen MR) is 180 cm³/mol. The quantitative estimate of drug-likeness (QED) is 0.0654. The summed E-state index contributed by atoms with van der Waals surface area (Å²) in [4.78, 5) is 0.